The summed E-state index contributed by atoms with van der Waals surface area (Å²) in [5, 5.41) is 6.42. The lowest BCUT2D eigenvalue weighted by molar-refractivity contribution is -0.132. The van der Waals surface area contributed by atoms with Crippen LogP contribution < -0.4 is 5.32 Å². The maximum atomic E-state index is 13.9. The number of carbonyl (C=O) groups excluding carboxylic acids is 2. The Morgan fingerprint density at radius 1 is 1.29 bits per heavy atom. The van der Waals surface area contributed by atoms with Crippen LogP contribution in [0.15, 0.2) is 22.7 Å². The van der Waals surface area contributed by atoms with Crippen molar-refractivity contribution in [3.05, 3.63) is 41.5 Å². The highest BCUT2D eigenvalue weighted by Crippen LogP contribution is 2.38. The van der Waals surface area contributed by atoms with E-state index < -0.39 is 17.7 Å². The van der Waals surface area contributed by atoms with Crippen molar-refractivity contribution in [1.29, 1.82) is 0 Å². The van der Waals surface area contributed by atoms with E-state index in [9.17, 15) is 18.4 Å². The van der Waals surface area contributed by atoms with E-state index in [4.69, 9.17) is 4.52 Å². The number of carbonyl (C=O) groups is 2. The second-order valence-electron chi connectivity index (χ2n) is 8.08. The largest absolute Gasteiger partial charge is 0.339 e. The van der Waals surface area contributed by atoms with Crippen molar-refractivity contribution in [2.45, 2.75) is 51.0 Å². The maximum absolute atomic E-state index is 13.9. The molecule has 0 bridgehead atoms. The monoisotopic (exact) mass is 433 g/mol. The molecule has 2 aromatic rings. The number of halogens is 2. The number of benzene rings is 1. The summed E-state index contributed by atoms with van der Waals surface area (Å²) in [6.45, 7) is 2.69. The Hall–Kier alpha value is -3.04. The molecule has 2 heterocycles. The molecule has 2 fully saturated rings. The molecule has 1 aliphatic carbocycles. The van der Waals surface area contributed by atoms with Gasteiger partial charge < -0.3 is 19.6 Å². The van der Waals surface area contributed by atoms with Crippen LogP contribution in [0.5, 0.6) is 0 Å². The highest BCUT2D eigenvalue weighted by molar-refractivity contribution is 5.89. The van der Waals surface area contributed by atoms with Crippen molar-refractivity contribution in [3.63, 3.8) is 0 Å². The summed E-state index contributed by atoms with van der Waals surface area (Å²) in [5.74, 6) is 0.157. The minimum atomic E-state index is -0.709. The zero-order chi connectivity index (χ0) is 22.0. The third kappa shape index (κ3) is 5.18. The summed E-state index contributed by atoms with van der Waals surface area (Å²) in [6.07, 6.45) is 4.05. The number of likely N-dealkylation sites (tertiary alicyclic amines) is 1. The predicted octanol–water partition coefficient (Wildman–Crippen LogP) is 3.31. The van der Waals surface area contributed by atoms with E-state index in [0.717, 1.165) is 37.5 Å². The van der Waals surface area contributed by atoms with Gasteiger partial charge in [-0.3, -0.25) is 4.79 Å². The number of anilines is 1. The van der Waals surface area contributed by atoms with Crippen molar-refractivity contribution in [2.24, 2.45) is 0 Å². The van der Waals surface area contributed by atoms with Gasteiger partial charge in [-0.25, -0.2) is 13.6 Å². The molecule has 1 N–H and O–H groups in total. The van der Waals surface area contributed by atoms with Gasteiger partial charge in [-0.2, -0.15) is 4.98 Å². The topological polar surface area (TPSA) is 91.6 Å². The molecule has 1 atom stereocenters. The van der Waals surface area contributed by atoms with Crippen LogP contribution >= 0.6 is 0 Å². The minimum Gasteiger partial charge on any atom is -0.339 e. The smallest absolute Gasteiger partial charge is 0.321 e. The third-order valence-electron chi connectivity index (χ3n) is 5.69. The summed E-state index contributed by atoms with van der Waals surface area (Å²) in [5.41, 5.74) is -0.209. The quantitative estimate of drug-likeness (QED) is 0.755. The van der Waals surface area contributed by atoms with Crippen LogP contribution in [0.25, 0.3) is 0 Å². The molecule has 1 aromatic heterocycles. The van der Waals surface area contributed by atoms with E-state index in [1.165, 1.54) is 11.8 Å². The summed E-state index contributed by atoms with van der Waals surface area (Å²) < 4.78 is 32.5. The number of piperidine rings is 1. The number of hydrogen-bond donors (Lipinski definition) is 1. The summed E-state index contributed by atoms with van der Waals surface area (Å²) in [6, 6.07) is 2.20. The average Bonchev–Trinajstić information content (AvgIpc) is 3.49. The third-order valence-corrected chi connectivity index (χ3v) is 5.69. The van der Waals surface area contributed by atoms with Crippen LogP contribution in [-0.4, -0.2) is 57.6 Å². The molecule has 3 amide bonds. The van der Waals surface area contributed by atoms with E-state index in [1.54, 1.807) is 4.90 Å². The van der Waals surface area contributed by atoms with Crippen LogP contribution in [0.3, 0.4) is 0 Å². The van der Waals surface area contributed by atoms with Crippen LogP contribution in [-0.2, 0) is 11.2 Å². The lowest BCUT2D eigenvalue weighted by atomic mass is 10.0. The van der Waals surface area contributed by atoms with Crippen LogP contribution in [0, 0.1) is 11.6 Å². The number of rotatable bonds is 6. The highest BCUT2D eigenvalue weighted by Gasteiger charge is 2.31. The Morgan fingerprint density at radius 3 is 2.84 bits per heavy atom. The molecular formula is C21H25F2N5O3. The zero-order valence-electron chi connectivity index (χ0n) is 17.3. The lowest BCUT2D eigenvalue weighted by Crippen LogP contribution is -2.52. The molecule has 1 saturated heterocycles. The molecule has 31 heavy (non-hydrogen) atoms. The molecule has 1 unspecified atom stereocenters. The van der Waals surface area contributed by atoms with Gasteiger partial charge >= 0.3 is 6.03 Å². The molecule has 4 rings (SSSR count). The van der Waals surface area contributed by atoms with Crippen molar-refractivity contribution in [3.8, 4) is 0 Å². The second kappa shape index (κ2) is 8.99. The van der Waals surface area contributed by atoms with Gasteiger partial charge in [0, 0.05) is 51.0 Å². The molecule has 0 spiro atoms. The van der Waals surface area contributed by atoms with Crippen LogP contribution in [0.4, 0.5) is 19.3 Å². The fourth-order valence-electron chi connectivity index (χ4n) is 3.86. The maximum Gasteiger partial charge on any atom is 0.321 e. The summed E-state index contributed by atoms with van der Waals surface area (Å²) in [7, 11) is 0. The number of urea groups is 1. The summed E-state index contributed by atoms with van der Waals surface area (Å²) in [4.78, 5) is 32.5. The Labute approximate surface area is 178 Å². The van der Waals surface area contributed by atoms with Gasteiger partial charge in [0.05, 0.1) is 5.69 Å². The van der Waals surface area contributed by atoms with Crippen molar-refractivity contribution in [2.75, 3.05) is 25.0 Å². The predicted molar refractivity (Wildman–Crippen MR) is 107 cm³/mol. The van der Waals surface area contributed by atoms with Crippen molar-refractivity contribution < 1.29 is 22.9 Å². The molecular weight excluding hydrogens is 408 g/mol. The first-order chi connectivity index (χ1) is 14.9. The van der Waals surface area contributed by atoms with E-state index in [-0.39, 0.29) is 17.6 Å². The Bertz CT molecular complexity index is 962. The van der Waals surface area contributed by atoms with Gasteiger partial charge in [0.15, 0.2) is 5.82 Å². The minimum absolute atomic E-state index is 0.102. The number of aromatic nitrogens is 2. The fourth-order valence-corrected chi connectivity index (χ4v) is 3.86. The lowest BCUT2D eigenvalue weighted by Gasteiger charge is -2.39. The first kappa shape index (κ1) is 21.2. The van der Waals surface area contributed by atoms with E-state index >= 15 is 0 Å². The van der Waals surface area contributed by atoms with E-state index in [2.05, 4.69) is 15.5 Å². The fraction of sp³-hybridized carbons (Fsp3) is 0.524. The van der Waals surface area contributed by atoms with Gasteiger partial charge in [0.25, 0.3) is 0 Å². The first-order valence-electron chi connectivity index (χ1n) is 10.5. The molecule has 10 heteroatoms. The number of nitrogens with zero attached hydrogens (tertiary/aromatic N) is 4. The SMILES string of the molecule is CC(=O)N(CCc1noc(C2CC2)n1)C1CCCN(C(=O)Nc2cc(F)ccc2F)C1. The highest BCUT2D eigenvalue weighted by atomic mass is 19.1. The van der Waals surface area contributed by atoms with Gasteiger partial charge in [-0.05, 0) is 37.8 Å². The molecule has 0 radical (unpaired) electrons. The Kier molecular flexibility index (Phi) is 6.15. The molecule has 1 saturated carbocycles. The van der Waals surface area contributed by atoms with Crippen molar-refractivity contribution in [1.82, 2.24) is 19.9 Å². The second-order valence-corrected chi connectivity index (χ2v) is 8.08. The number of amides is 3. The average molecular weight is 433 g/mol. The normalized spacial score (nSPS) is 18.7. The molecule has 166 valence electrons. The molecule has 8 nitrogen and oxygen atoms in total. The molecule has 1 aromatic carbocycles. The number of nitrogens with one attached hydrogen (secondary N) is 1. The van der Waals surface area contributed by atoms with Gasteiger partial charge in [0.1, 0.15) is 11.6 Å². The van der Waals surface area contributed by atoms with E-state index in [1.807, 2.05) is 0 Å². The molecule has 2 aliphatic rings. The molecule has 1 aliphatic heterocycles. The van der Waals surface area contributed by atoms with Crippen molar-refractivity contribution >= 4 is 17.6 Å². The van der Waals surface area contributed by atoms with E-state index in [0.29, 0.717) is 50.1 Å². The van der Waals surface area contributed by atoms with Gasteiger partial charge in [-0.15, -0.1) is 0 Å². The van der Waals surface area contributed by atoms with Gasteiger partial charge in [-0.1, -0.05) is 5.16 Å². The van der Waals surface area contributed by atoms with Crippen LogP contribution in [0.2, 0.25) is 0 Å². The van der Waals surface area contributed by atoms with Gasteiger partial charge in [0.2, 0.25) is 11.8 Å². The Morgan fingerprint density at radius 2 is 2.10 bits per heavy atom. The Balaban J connectivity index is 1.36. The standard InChI is InChI=1S/C21H25F2N5O3/c1-13(29)28(10-8-19-25-20(31-26-19)14-4-5-14)16-3-2-9-27(12-16)21(30)24-18-11-15(22)6-7-17(18)23/h6-7,11,14,16H,2-5,8-10,12H2,1H3,(H,24,30). The first-order valence-corrected chi connectivity index (χ1v) is 10.5. The van der Waals surface area contributed by atoms with Crippen LogP contribution in [0.1, 0.15) is 50.2 Å². The zero-order valence-corrected chi connectivity index (χ0v) is 17.3. The number of hydrogen-bond acceptors (Lipinski definition) is 5. The summed E-state index contributed by atoms with van der Waals surface area (Å²) >= 11 is 0.